The number of carboxylic acid groups (broad SMARTS) is 1. The fourth-order valence-corrected chi connectivity index (χ4v) is 4.10. The fraction of sp³-hybridized carbons (Fsp3) is 0.900. The minimum Gasteiger partial charge on any atom is -0.481 e. The summed E-state index contributed by atoms with van der Waals surface area (Å²) in [5.41, 5.74) is 0. The monoisotopic (exact) mass is 208 g/mol. The Bertz CT molecular complexity index is 179. The lowest BCUT2D eigenvalue weighted by atomic mass is 10.4. The number of carboxylic acids is 1. The van der Waals surface area contributed by atoms with E-state index in [0.29, 0.717) is 6.42 Å². The summed E-state index contributed by atoms with van der Waals surface area (Å²) in [5, 5.41) is 8.64. The van der Waals surface area contributed by atoms with Crippen molar-refractivity contribution >= 4 is 15.1 Å². The van der Waals surface area contributed by atoms with E-state index in [0.717, 1.165) is 5.75 Å². The van der Waals surface area contributed by atoms with Gasteiger partial charge in [0.15, 0.2) is 0 Å². The maximum Gasteiger partial charge on any atom is 0.304 e. The molecule has 13 heavy (non-hydrogen) atoms. The van der Waals surface area contributed by atoms with Crippen LogP contribution >= 0.6 is 9.16 Å². The Hall–Kier alpha value is -0.180. The maximum absolute atomic E-state index is 10.5. The number of carbonyl (C=O) groups is 1. The molecule has 3 heteroatoms. The summed E-state index contributed by atoms with van der Waals surface area (Å²) >= 11 is 0. The standard InChI is InChI=1S/C10H24O2S/c1-5-6-8-13(2,3,4)9-7-10(11)12/h13H,5-9H2,1-4H3,(H,11,12). The van der Waals surface area contributed by atoms with Crippen molar-refractivity contribution in [2.75, 3.05) is 30.3 Å². The van der Waals surface area contributed by atoms with E-state index in [1.165, 1.54) is 18.6 Å². The van der Waals surface area contributed by atoms with Crippen molar-refractivity contribution in [3.8, 4) is 0 Å². The smallest absolute Gasteiger partial charge is 0.304 e. The van der Waals surface area contributed by atoms with Gasteiger partial charge in [-0.05, 0) is 36.7 Å². The zero-order chi connectivity index (χ0) is 10.6. The van der Waals surface area contributed by atoms with Crippen LogP contribution in [0.25, 0.3) is 0 Å². The predicted molar refractivity (Wildman–Crippen MR) is 63.7 cm³/mol. The van der Waals surface area contributed by atoms with E-state index in [1.807, 2.05) is 0 Å². The van der Waals surface area contributed by atoms with Crippen molar-refractivity contribution in [3.63, 3.8) is 0 Å². The molecular formula is C10H24O2S. The Kier molecular flexibility index (Phi) is 4.30. The van der Waals surface area contributed by atoms with Crippen molar-refractivity contribution in [2.45, 2.75) is 26.2 Å². The summed E-state index contributed by atoms with van der Waals surface area (Å²) in [5.74, 6) is 1.46. The van der Waals surface area contributed by atoms with Gasteiger partial charge in [-0.2, -0.15) is 0 Å². The van der Waals surface area contributed by atoms with Gasteiger partial charge in [0.1, 0.15) is 0 Å². The van der Waals surface area contributed by atoms with Crippen molar-refractivity contribution in [3.05, 3.63) is 0 Å². The molecule has 0 aromatic rings. The topological polar surface area (TPSA) is 37.3 Å². The van der Waals surface area contributed by atoms with Gasteiger partial charge in [-0.15, -0.1) is 0 Å². The van der Waals surface area contributed by atoms with Crippen LogP contribution in [0, 0.1) is 0 Å². The second-order valence-corrected chi connectivity index (χ2v) is 13.2. The van der Waals surface area contributed by atoms with Gasteiger partial charge in [-0.3, -0.25) is 14.0 Å². The Morgan fingerprint density at radius 1 is 1.23 bits per heavy atom. The molecule has 0 saturated carbocycles. The lowest BCUT2D eigenvalue weighted by Gasteiger charge is -2.51. The van der Waals surface area contributed by atoms with Crippen LogP contribution in [0.1, 0.15) is 26.2 Å². The third-order valence-electron chi connectivity index (χ3n) is 2.50. The third kappa shape index (κ3) is 6.94. The highest BCUT2D eigenvalue weighted by Gasteiger charge is 2.25. The molecule has 0 aliphatic rings. The molecule has 0 aromatic carbocycles. The lowest BCUT2D eigenvalue weighted by Crippen LogP contribution is -2.23. The number of unbranched alkanes of at least 4 members (excludes halogenated alkanes) is 1. The SMILES string of the molecule is CCCC[SH](C)(C)(C)CCC(=O)O. The predicted octanol–water partition coefficient (Wildman–Crippen LogP) is 2.22. The second kappa shape index (κ2) is 4.36. The van der Waals surface area contributed by atoms with Crippen LogP contribution in [-0.4, -0.2) is 41.3 Å². The molecule has 0 unspecified atom stereocenters. The summed E-state index contributed by atoms with van der Waals surface area (Å²) in [6, 6.07) is 0. The van der Waals surface area contributed by atoms with E-state index in [-0.39, 0.29) is 0 Å². The molecule has 0 spiro atoms. The van der Waals surface area contributed by atoms with Crippen LogP contribution in [0.15, 0.2) is 0 Å². The summed E-state index contributed by atoms with van der Waals surface area (Å²) in [7, 11) is -1.63. The lowest BCUT2D eigenvalue weighted by molar-refractivity contribution is -0.136. The molecule has 0 radical (unpaired) electrons. The Morgan fingerprint density at radius 3 is 2.15 bits per heavy atom. The first-order valence-electron chi connectivity index (χ1n) is 4.96. The van der Waals surface area contributed by atoms with Crippen LogP contribution in [-0.2, 0) is 4.79 Å². The van der Waals surface area contributed by atoms with Gasteiger partial charge in [-0.1, -0.05) is 13.3 Å². The summed E-state index contributed by atoms with van der Waals surface area (Å²) < 4.78 is 0. The fourth-order valence-electron chi connectivity index (χ4n) is 1.37. The first-order chi connectivity index (χ1) is 5.74. The molecule has 0 aliphatic carbocycles. The minimum atomic E-state index is -1.63. The molecular weight excluding hydrogens is 184 g/mol. The third-order valence-corrected chi connectivity index (χ3v) is 6.35. The normalized spacial score (nSPS) is 14.9. The number of hydrogen-bond donors (Lipinski definition) is 2. The molecule has 0 rings (SSSR count). The minimum absolute atomic E-state index is 0.338. The van der Waals surface area contributed by atoms with E-state index in [1.54, 1.807) is 0 Å². The quantitative estimate of drug-likeness (QED) is 0.657. The van der Waals surface area contributed by atoms with Gasteiger partial charge in [0, 0.05) is 0 Å². The van der Waals surface area contributed by atoms with E-state index >= 15 is 0 Å². The maximum atomic E-state index is 10.5. The largest absolute Gasteiger partial charge is 0.481 e. The highest BCUT2D eigenvalue weighted by atomic mass is 32.3. The first-order valence-corrected chi connectivity index (χ1v) is 8.91. The van der Waals surface area contributed by atoms with Gasteiger partial charge in [0.05, 0.1) is 6.42 Å². The average Bonchev–Trinajstić information content (AvgIpc) is 1.98. The Labute approximate surface area is 82.0 Å². The molecule has 0 fully saturated rings. The van der Waals surface area contributed by atoms with E-state index < -0.39 is 15.1 Å². The molecule has 2 nitrogen and oxygen atoms in total. The van der Waals surface area contributed by atoms with Crippen LogP contribution in [0.3, 0.4) is 0 Å². The summed E-state index contributed by atoms with van der Waals surface area (Å²) in [6.45, 7) is 2.18. The highest BCUT2D eigenvalue weighted by molar-refractivity contribution is 8.48. The number of rotatable bonds is 6. The number of hydrogen-bond acceptors (Lipinski definition) is 1. The van der Waals surface area contributed by atoms with E-state index in [2.05, 4.69) is 25.7 Å². The molecule has 82 valence electrons. The van der Waals surface area contributed by atoms with Gasteiger partial charge in [0.25, 0.3) is 0 Å². The zero-order valence-electron chi connectivity index (χ0n) is 9.34. The average molecular weight is 208 g/mol. The highest BCUT2D eigenvalue weighted by Crippen LogP contribution is 2.60. The van der Waals surface area contributed by atoms with Gasteiger partial charge in [-0.25, -0.2) is 0 Å². The Balaban J connectivity index is 4.06. The summed E-state index contributed by atoms with van der Waals surface area (Å²) in [6.07, 6.45) is 9.67. The van der Waals surface area contributed by atoms with Crippen molar-refractivity contribution in [1.82, 2.24) is 0 Å². The van der Waals surface area contributed by atoms with Gasteiger partial charge < -0.3 is 5.11 Å². The molecule has 1 N–H and O–H groups in total. The van der Waals surface area contributed by atoms with Crippen molar-refractivity contribution in [2.24, 2.45) is 0 Å². The van der Waals surface area contributed by atoms with E-state index in [9.17, 15) is 4.79 Å². The molecule has 0 bridgehead atoms. The van der Waals surface area contributed by atoms with Gasteiger partial charge in [0.2, 0.25) is 0 Å². The van der Waals surface area contributed by atoms with Crippen LogP contribution in [0.2, 0.25) is 0 Å². The van der Waals surface area contributed by atoms with E-state index in [4.69, 9.17) is 5.11 Å². The van der Waals surface area contributed by atoms with Crippen LogP contribution < -0.4 is 0 Å². The van der Waals surface area contributed by atoms with Crippen molar-refractivity contribution in [1.29, 1.82) is 0 Å². The second-order valence-electron chi connectivity index (χ2n) is 5.41. The van der Waals surface area contributed by atoms with Gasteiger partial charge >= 0.3 is 5.97 Å². The molecule has 0 atom stereocenters. The number of thiol groups is 1. The summed E-state index contributed by atoms with van der Waals surface area (Å²) in [4.78, 5) is 10.5. The molecule has 0 heterocycles. The first kappa shape index (κ1) is 12.8. The molecule has 0 amide bonds. The van der Waals surface area contributed by atoms with Crippen molar-refractivity contribution < 1.29 is 9.90 Å². The molecule has 0 saturated heterocycles. The number of aliphatic carboxylic acids is 1. The zero-order valence-corrected chi connectivity index (χ0v) is 10.2. The van der Waals surface area contributed by atoms with Crippen LogP contribution in [0.4, 0.5) is 0 Å². The van der Waals surface area contributed by atoms with Crippen LogP contribution in [0.5, 0.6) is 0 Å². The molecule has 0 aliphatic heterocycles. The Morgan fingerprint density at radius 2 is 1.77 bits per heavy atom. The molecule has 0 aromatic heterocycles.